The smallest absolute Gasteiger partial charge is 0.373 e. The predicted molar refractivity (Wildman–Crippen MR) is 38.8 cm³/mol. The van der Waals surface area contributed by atoms with E-state index in [2.05, 4.69) is 10.3 Å². The fourth-order valence-corrected chi connectivity index (χ4v) is 0.732. The van der Waals surface area contributed by atoms with E-state index in [1.165, 1.54) is 19.2 Å². The Morgan fingerprint density at radius 1 is 1.33 bits per heavy atom. The third kappa shape index (κ3) is 1.87. The minimum atomic E-state index is -4.37. The molecule has 1 rings (SSSR count). The Balaban J connectivity index is 3.02. The molecule has 0 saturated carbocycles. The molecule has 1 aromatic rings. The summed E-state index contributed by atoms with van der Waals surface area (Å²) < 4.78 is 36.0. The van der Waals surface area contributed by atoms with Gasteiger partial charge in [-0.25, -0.2) is 4.98 Å². The zero-order valence-corrected chi connectivity index (χ0v) is 6.31. The van der Waals surface area contributed by atoms with Crippen LogP contribution in [0.2, 0.25) is 0 Å². The van der Waals surface area contributed by atoms with Gasteiger partial charge in [-0.15, -0.1) is 0 Å². The van der Waals surface area contributed by atoms with Crippen LogP contribution in [0.4, 0.5) is 19.0 Å². The lowest BCUT2D eigenvalue weighted by Gasteiger charge is -2.06. The minimum Gasteiger partial charge on any atom is -0.373 e. The van der Waals surface area contributed by atoms with Crippen LogP contribution in [0.5, 0.6) is 0 Å². The van der Waals surface area contributed by atoms with Gasteiger partial charge in [0.25, 0.3) is 0 Å². The van der Waals surface area contributed by atoms with Crippen LogP contribution in [0.3, 0.4) is 0 Å². The summed E-state index contributed by atoms with van der Waals surface area (Å²) in [4.78, 5) is 3.33. The fraction of sp³-hybridized carbons (Fsp3) is 0.286. The maximum Gasteiger partial charge on any atom is 0.433 e. The first-order valence-corrected chi connectivity index (χ1v) is 3.26. The maximum absolute atomic E-state index is 12.0. The highest BCUT2D eigenvalue weighted by atomic mass is 19.4. The molecule has 0 saturated heterocycles. The van der Waals surface area contributed by atoms with Crippen LogP contribution in [-0.2, 0) is 6.18 Å². The second-order valence-electron chi connectivity index (χ2n) is 2.16. The van der Waals surface area contributed by atoms with Crippen molar-refractivity contribution in [2.24, 2.45) is 0 Å². The van der Waals surface area contributed by atoms with Crippen molar-refractivity contribution in [3.05, 3.63) is 23.9 Å². The van der Waals surface area contributed by atoms with Gasteiger partial charge in [-0.05, 0) is 12.1 Å². The van der Waals surface area contributed by atoms with Gasteiger partial charge in [-0.3, -0.25) is 0 Å². The van der Waals surface area contributed by atoms with Crippen LogP contribution >= 0.6 is 0 Å². The van der Waals surface area contributed by atoms with Crippen LogP contribution in [0.25, 0.3) is 0 Å². The van der Waals surface area contributed by atoms with Gasteiger partial charge >= 0.3 is 6.18 Å². The summed E-state index contributed by atoms with van der Waals surface area (Å²) in [5.41, 5.74) is -0.880. The van der Waals surface area contributed by atoms with Gasteiger partial charge < -0.3 is 5.32 Å². The summed E-state index contributed by atoms with van der Waals surface area (Å²) in [6.07, 6.45) is -4.37. The molecular weight excluding hydrogens is 169 g/mol. The number of alkyl halides is 3. The topological polar surface area (TPSA) is 24.9 Å². The van der Waals surface area contributed by atoms with E-state index >= 15 is 0 Å². The normalized spacial score (nSPS) is 11.3. The van der Waals surface area contributed by atoms with Gasteiger partial charge in [-0.1, -0.05) is 6.07 Å². The van der Waals surface area contributed by atoms with Crippen LogP contribution < -0.4 is 5.32 Å². The second-order valence-corrected chi connectivity index (χ2v) is 2.16. The molecule has 66 valence electrons. The SMILES string of the molecule is CNc1cccc(C(F)(F)F)n1. The molecule has 2 nitrogen and oxygen atoms in total. The van der Waals surface area contributed by atoms with Crippen molar-refractivity contribution in [1.29, 1.82) is 0 Å². The lowest BCUT2D eigenvalue weighted by Crippen LogP contribution is -2.08. The molecule has 0 aliphatic carbocycles. The highest BCUT2D eigenvalue weighted by molar-refractivity contribution is 5.34. The highest BCUT2D eigenvalue weighted by Crippen LogP contribution is 2.27. The number of aromatic nitrogens is 1. The Morgan fingerprint density at radius 2 is 2.00 bits per heavy atom. The summed E-state index contributed by atoms with van der Waals surface area (Å²) in [5.74, 6) is 0.213. The largest absolute Gasteiger partial charge is 0.433 e. The summed E-state index contributed by atoms with van der Waals surface area (Å²) in [7, 11) is 1.52. The third-order valence-corrected chi connectivity index (χ3v) is 1.30. The van der Waals surface area contributed by atoms with Crippen molar-refractivity contribution in [3.8, 4) is 0 Å². The van der Waals surface area contributed by atoms with E-state index in [1.807, 2.05) is 0 Å². The second kappa shape index (κ2) is 3.00. The molecule has 0 spiro atoms. The van der Waals surface area contributed by atoms with E-state index in [4.69, 9.17) is 0 Å². The monoisotopic (exact) mass is 176 g/mol. The third-order valence-electron chi connectivity index (χ3n) is 1.30. The molecule has 0 amide bonds. The Kier molecular flexibility index (Phi) is 2.21. The predicted octanol–water partition coefficient (Wildman–Crippen LogP) is 2.14. The molecule has 0 aromatic carbocycles. The van der Waals surface area contributed by atoms with Gasteiger partial charge in [0.05, 0.1) is 0 Å². The number of anilines is 1. The van der Waals surface area contributed by atoms with Crippen molar-refractivity contribution < 1.29 is 13.2 Å². The standard InChI is InChI=1S/C7H7F3N2/c1-11-6-4-2-3-5(12-6)7(8,9)10/h2-4H,1H3,(H,11,12). The van der Waals surface area contributed by atoms with Crippen molar-refractivity contribution in [2.45, 2.75) is 6.18 Å². The lowest BCUT2D eigenvalue weighted by atomic mass is 10.3. The molecule has 0 aliphatic rings. The summed E-state index contributed by atoms with van der Waals surface area (Å²) in [5, 5.41) is 2.53. The molecule has 0 bridgehead atoms. The maximum atomic E-state index is 12.0. The van der Waals surface area contributed by atoms with Gasteiger partial charge in [-0.2, -0.15) is 13.2 Å². The van der Waals surface area contributed by atoms with Crippen LogP contribution in [-0.4, -0.2) is 12.0 Å². The molecule has 0 unspecified atom stereocenters. The number of hydrogen-bond acceptors (Lipinski definition) is 2. The Bertz CT molecular complexity index is 270. The van der Waals surface area contributed by atoms with Crippen LogP contribution in [0.1, 0.15) is 5.69 Å². The zero-order chi connectivity index (χ0) is 9.19. The summed E-state index contributed by atoms with van der Waals surface area (Å²) in [6.45, 7) is 0. The molecule has 1 N–H and O–H groups in total. The molecule has 0 fully saturated rings. The van der Waals surface area contributed by atoms with E-state index < -0.39 is 11.9 Å². The number of rotatable bonds is 1. The van der Waals surface area contributed by atoms with Gasteiger partial charge in [0, 0.05) is 7.05 Å². The molecule has 1 heterocycles. The minimum absolute atomic E-state index is 0.213. The van der Waals surface area contributed by atoms with E-state index in [0.29, 0.717) is 0 Å². The average Bonchev–Trinajstić information content (AvgIpc) is 2.03. The lowest BCUT2D eigenvalue weighted by molar-refractivity contribution is -0.141. The Labute approximate surface area is 67.4 Å². The quantitative estimate of drug-likeness (QED) is 0.709. The molecule has 1 aromatic heterocycles. The van der Waals surface area contributed by atoms with E-state index in [-0.39, 0.29) is 5.82 Å². The molecule has 0 atom stereocenters. The highest BCUT2D eigenvalue weighted by Gasteiger charge is 2.32. The fourth-order valence-electron chi connectivity index (χ4n) is 0.732. The first-order chi connectivity index (χ1) is 5.54. The zero-order valence-electron chi connectivity index (χ0n) is 6.31. The van der Waals surface area contributed by atoms with Crippen molar-refractivity contribution in [2.75, 3.05) is 12.4 Å². The number of nitrogens with one attached hydrogen (secondary N) is 1. The van der Waals surface area contributed by atoms with E-state index in [0.717, 1.165) is 6.07 Å². The Morgan fingerprint density at radius 3 is 2.50 bits per heavy atom. The van der Waals surface area contributed by atoms with E-state index in [1.54, 1.807) is 0 Å². The number of pyridine rings is 1. The molecule has 12 heavy (non-hydrogen) atoms. The average molecular weight is 176 g/mol. The van der Waals surface area contributed by atoms with E-state index in [9.17, 15) is 13.2 Å². The summed E-state index contributed by atoms with van der Waals surface area (Å²) >= 11 is 0. The Hall–Kier alpha value is -1.26. The van der Waals surface area contributed by atoms with Crippen molar-refractivity contribution in [3.63, 3.8) is 0 Å². The first-order valence-electron chi connectivity index (χ1n) is 3.26. The molecule has 0 radical (unpaired) electrons. The van der Waals surface area contributed by atoms with Crippen molar-refractivity contribution >= 4 is 5.82 Å². The summed E-state index contributed by atoms with van der Waals surface area (Å²) in [6, 6.07) is 3.71. The number of hydrogen-bond donors (Lipinski definition) is 1. The van der Waals surface area contributed by atoms with Gasteiger partial charge in [0.15, 0.2) is 0 Å². The molecule has 0 aliphatic heterocycles. The number of nitrogens with zero attached hydrogens (tertiary/aromatic N) is 1. The van der Waals surface area contributed by atoms with Crippen LogP contribution in [0, 0.1) is 0 Å². The first kappa shape index (κ1) is 8.83. The van der Waals surface area contributed by atoms with Crippen molar-refractivity contribution in [1.82, 2.24) is 4.98 Å². The van der Waals surface area contributed by atoms with Crippen LogP contribution in [0.15, 0.2) is 18.2 Å². The van der Waals surface area contributed by atoms with Gasteiger partial charge in [0.1, 0.15) is 11.5 Å². The molecule has 5 heteroatoms. The molecular formula is C7H7F3N2. The number of halogens is 3. The van der Waals surface area contributed by atoms with Gasteiger partial charge in [0.2, 0.25) is 0 Å².